The molecular weight excluding hydrogens is 283 g/mol. The number of benzene rings is 1. The number of hydrogen-bond acceptors (Lipinski definition) is 4. The van der Waals surface area contributed by atoms with Gasteiger partial charge in [-0.1, -0.05) is 0 Å². The molecule has 0 fully saturated rings. The minimum Gasteiger partial charge on any atom is -0.496 e. The average molecular weight is 296 g/mol. The van der Waals surface area contributed by atoms with E-state index >= 15 is 0 Å². The van der Waals surface area contributed by atoms with Crippen molar-refractivity contribution in [1.29, 1.82) is 0 Å². The van der Waals surface area contributed by atoms with Gasteiger partial charge in [0.25, 0.3) is 0 Å². The zero-order valence-corrected chi connectivity index (χ0v) is 11.8. The molecule has 1 aromatic heterocycles. The first-order valence-corrected chi connectivity index (χ1v) is 6.62. The highest BCUT2D eigenvalue weighted by Gasteiger charge is 2.16. The second-order valence-electron chi connectivity index (χ2n) is 4.10. The van der Waals surface area contributed by atoms with Crippen LogP contribution in [0.15, 0.2) is 24.3 Å². The van der Waals surface area contributed by atoms with Crippen molar-refractivity contribution in [2.24, 2.45) is 0 Å². The highest BCUT2D eigenvalue weighted by atomic mass is 32.1. The predicted octanol–water partition coefficient (Wildman–Crippen LogP) is 3.48. The Morgan fingerprint density at radius 1 is 1.35 bits per heavy atom. The topological polar surface area (TPSA) is 55.8 Å². The van der Waals surface area contributed by atoms with Crippen molar-refractivity contribution < 1.29 is 23.8 Å². The number of hydrogen-bond donors (Lipinski definition) is 1. The van der Waals surface area contributed by atoms with Crippen molar-refractivity contribution in [3.05, 3.63) is 45.4 Å². The van der Waals surface area contributed by atoms with E-state index in [1.165, 1.54) is 25.3 Å². The number of methoxy groups -OCH3 is 1. The van der Waals surface area contributed by atoms with Crippen LogP contribution in [0.1, 0.15) is 20.1 Å². The molecule has 20 heavy (non-hydrogen) atoms. The van der Waals surface area contributed by atoms with Crippen molar-refractivity contribution >= 4 is 17.3 Å². The predicted molar refractivity (Wildman–Crippen MR) is 73.3 cm³/mol. The first-order chi connectivity index (χ1) is 9.51. The van der Waals surface area contributed by atoms with Gasteiger partial charge in [-0.2, -0.15) is 0 Å². The highest BCUT2D eigenvalue weighted by molar-refractivity contribution is 7.14. The summed E-state index contributed by atoms with van der Waals surface area (Å²) in [6, 6.07) is 5.75. The quantitative estimate of drug-likeness (QED) is 0.917. The molecule has 0 spiro atoms. The first kappa shape index (κ1) is 14.3. The van der Waals surface area contributed by atoms with Crippen molar-refractivity contribution in [3.63, 3.8) is 0 Å². The number of carbonyl (C=O) groups is 1. The minimum atomic E-state index is -1.04. The van der Waals surface area contributed by atoms with E-state index in [2.05, 4.69) is 0 Å². The smallest absolute Gasteiger partial charge is 0.349 e. The van der Waals surface area contributed by atoms with E-state index in [1.54, 1.807) is 13.0 Å². The van der Waals surface area contributed by atoms with Crippen LogP contribution in [0, 0.1) is 12.7 Å². The fourth-order valence-corrected chi connectivity index (χ4v) is 2.56. The number of aromatic carboxylic acids is 1. The minimum absolute atomic E-state index is 0.0391. The van der Waals surface area contributed by atoms with E-state index in [1.807, 2.05) is 0 Å². The Bertz CT molecular complexity index is 636. The molecule has 1 aromatic carbocycles. The molecule has 4 nitrogen and oxygen atoms in total. The molecule has 106 valence electrons. The summed E-state index contributed by atoms with van der Waals surface area (Å²) in [4.78, 5) is 12.0. The molecule has 0 atom stereocenters. The van der Waals surface area contributed by atoms with Gasteiger partial charge in [-0.25, -0.2) is 9.18 Å². The van der Waals surface area contributed by atoms with Gasteiger partial charge in [0.05, 0.1) is 7.11 Å². The summed E-state index contributed by atoms with van der Waals surface area (Å²) >= 11 is 1.14. The van der Waals surface area contributed by atoms with Crippen molar-refractivity contribution in [1.82, 2.24) is 0 Å². The van der Waals surface area contributed by atoms with Gasteiger partial charge >= 0.3 is 5.97 Å². The summed E-state index contributed by atoms with van der Waals surface area (Å²) in [5, 5.41) is 9.07. The maximum Gasteiger partial charge on any atom is 0.349 e. The number of thiophene rings is 1. The zero-order valence-electron chi connectivity index (χ0n) is 11.0. The second kappa shape index (κ2) is 5.92. The number of carboxylic acids is 1. The van der Waals surface area contributed by atoms with Crippen molar-refractivity contribution in [3.8, 4) is 11.5 Å². The lowest BCUT2D eigenvalue weighted by molar-refractivity contribution is 0.0697. The molecule has 0 aliphatic rings. The van der Waals surface area contributed by atoms with Crippen LogP contribution in [0.5, 0.6) is 11.5 Å². The van der Waals surface area contributed by atoms with Gasteiger partial charge in [0.2, 0.25) is 0 Å². The van der Waals surface area contributed by atoms with Crippen LogP contribution >= 0.6 is 11.3 Å². The van der Waals surface area contributed by atoms with Crippen LogP contribution in [-0.2, 0) is 6.61 Å². The molecule has 0 unspecified atom stereocenters. The van der Waals surface area contributed by atoms with Crippen LogP contribution in [0.3, 0.4) is 0 Å². The number of ether oxygens (including phenoxy) is 2. The Balaban J connectivity index is 2.20. The molecule has 0 radical (unpaired) electrons. The molecule has 0 bridgehead atoms. The molecule has 0 aliphatic heterocycles. The molecule has 1 heterocycles. The molecule has 0 saturated heterocycles. The molecule has 0 aliphatic carbocycles. The largest absolute Gasteiger partial charge is 0.496 e. The third-order valence-electron chi connectivity index (χ3n) is 2.64. The van der Waals surface area contributed by atoms with E-state index in [0.29, 0.717) is 11.3 Å². The normalized spacial score (nSPS) is 10.3. The third-order valence-corrected chi connectivity index (χ3v) is 3.66. The average Bonchev–Trinajstić information content (AvgIpc) is 2.78. The number of halogens is 1. The monoisotopic (exact) mass is 296 g/mol. The van der Waals surface area contributed by atoms with Gasteiger partial charge in [-0.3, -0.25) is 0 Å². The lowest BCUT2D eigenvalue weighted by Gasteiger charge is -2.10. The maximum atomic E-state index is 13.2. The van der Waals surface area contributed by atoms with Gasteiger partial charge in [0.15, 0.2) is 4.88 Å². The Kier molecular flexibility index (Phi) is 4.24. The summed E-state index contributed by atoms with van der Waals surface area (Å²) in [5.74, 6) is -0.657. The van der Waals surface area contributed by atoms with Crippen LogP contribution in [0.4, 0.5) is 4.39 Å². The van der Waals surface area contributed by atoms with Gasteiger partial charge in [-0.05, 0) is 31.2 Å². The Hall–Kier alpha value is -2.08. The number of aryl methyl sites for hydroxylation is 1. The van der Waals surface area contributed by atoms with Crippen LogP contribution in [0.25, 0.3) is 0 Å². The fraction of sp³-hybridized carbons (Fsp3) is 0.214. The molecule has 2 aromatic rings. The van der Waals surface area contributed by atoms with Crippen molar-refractivity contribution in [2.45, 2.75) is 13.5 Å². The van der Waals surface area contributed by atoms with Crippen LogP contribution < -0.4 is 9.47 Å². The van der Waals surface area contributed by atoms with E-state index < -0.39 is 11.8 Å². The SMILES string of the molecule is COc1ccc(F)cc1COc1cc(C)sc1C(=O)O. The summed E-state index contributed by atoms with van der Waals surface area (Å²) in [7, 11) is 1.48. The lowest BCUT2D eigenvalue weighted by atomic mass is 10.2. The zero-order chi connectivity index (χ0) is 14.7. The first-order valence-electron chi connectivity index (χ1n) is 5.80. The molecule has 0 saturated carbocycles. The number of rotatable bonds is 5. The van der Waals surface area contributed by atoms with Crippen LogP contribution in [-0.4, -0.2) is 18.2 Å². The fourth-order valence-electron chi connectivity index (χ4n) is 1.76. The summed E-state index contributed by atoms with van der Waals surface area (Å²) in [6.45, 7) is 1.84. The Morgan fingerprint density at radius 2 is 2.10 bits per heavy atom. The summed E-state index contributed by atoms with van der Waals surface area (Å²) < 4.78 is 23.8. The van der Waals surface area contributed by atoms with Gasteiger partial charge < -0.3 is 14.6 Å². The Labute approximate surface area is 119 Å². The third kappa shape index (κ3) is 3.08. The summed E-state index contributed by atoms with van der Waals surface area (Å²) in [6.07, 6.45) is 0. The standard InChI is InChI=1S/C14H13FO4S/c1-8-5-12(13(20-8)14(16)17)19-7-9-6-10(15)3-4-11(9)18-2/h3-6H,7H2,1-2H3,(H,16,17). The number of carboxylic acid groups (broad SMARTS) is 1. The molecule has 6 heteroatoms. The molecular formula is C14H13FO4S. The molecule has 1 N–H and O–H groups in total. The van der Waals surface area contributed by atoms with Gasteiger partial charge in [0.1, 0.15) is 23.9 Å². The molecule has 0 amide bonds. The summed E-state index contributed by atoms with van der Waals surface area (Å²) in [5.41, 5.74) is 0.521. The van der Waals surface area contributed by atoms with E-state index in [9.17, 15) is 9.18 Å². The van der Waals surface area contributed by atoms with E-state index in [4.69, 9.17) is 14.6 Å². The van der Waals surface area contributed by atoms with Crippen molar-refractivity contribution in [2.75, 3.05) is 7.11 Å². The van der Waals surface area contributed by atoms with E-state index in [-0.39, 0.29) is 17.2 Å². The van der Waals surface area contributed by atoms with Gasteiger partial charge in [-0.15, -0.1) is 11.3 Å². The highest BCUT2D eigenvalue weighted by Crippen LogP contribution is 2.30. The lowest BCUT2D eigenvalue weighted by Crippen LogP contribution is -2.02. The maximum absolute atomic E-state index is 13.2. The van der Waals surface area contributed by atoms with Gasteiger partial charge in [0, 0.05) is 10.4 Å². The second-order valence-corrected chi connectivity index (χ2v) is 5.36. The Morgan fingerprint density at radius 3 is 2.75 bits per heavy atom. The van der Waals surface area contributed by atoms with E-state index in [0.717, 1.165) is 16.2 Å². The van der Waals surface area contributed by atoms with Crippen LogP contribution in [0.2, 0.25) is 0 Å². The molecule has 2 rings (SSSR count).